The summed E-state index contributed by atoms with van der Waals surface area (Å²) in [6, 6.07) is 62.2. The van der Waals surface area contributed by atoms with E-state index >= 15 is 0 Å². The smallest absolute Gasteiger partial charge is 0.140 e. The summed E-state index contributed by atoms with van der Waals surface area (Å²) < 4.78 is 6.73. The van der Waals surface area contributed by atoms with Crippen LogP contribution in [0.25, 0.3) is 98.8 Å². The Morgan fingerprint density at radius 1 is 0.385 bits per heavy atom. The monoisotopic (exact) mass is 662 g/mol. The number of rotatable bonds is 3. The molecule has 1 aliphatic carbocycles. The lowest BCUT2D eigenvalue weighted by Crippen LogP contribution is -2.15. The second kappa shape index (κ2) is 10.8. The van der Waals surface area contributed by atoms with Gasteiger partial charge in [-0.1, -0.05) is 172 Å². The van der Waals surface area contributed by atoms with Gasteiger partial charge in [0, 0.05) is 21.8 Å². The molecule has 0 unspecified atom stereocenters. The van der Waals surface area contributed by atoms with Crippen molar-refractivity contribution in [3.05, 3.63) is 181 Å². The van der Waals surface area contributed by atoms with E-state index in [9.17, 15) is 0 Å². The third-order valence-corrected chi connectivity index (χ3v) is 11.6. The zero-order valence-corrected chi connectivity index (χ0v) is 29.1. The molecular weight excluding hydrogens is 629 g/mol. The van der Waals surface area contributed by atoms with E-state index in [1.807, 2.05) is 0 Å². The maximum atomic E-state index is 6.73. The van der Waals surface area contributed by atoms with Crippen molar-refractivity contribution in [1.29, 1.82) is 0 Å². The maximum Gasteiger partial charge on any atom is 0.140 e. The number of hydrogen-bond donors (Lipinski definition) is 0. The lowest BCUT2D eigenvalue weighted by Gasteiger charge is -2.22. The van der Waals surface area contributed by atoms with Crippen LogP contribution in [-0.2, 0) is 5.41 Å². The van der Waals surface area contributed by atoms with Crippen molar-refractivity contribution in [2.24, 2.45) is 0 Å². The van der Waals surface area contributed by atoms with Crippen LogP contribution < -0.4 is 0 Å². The Hall–Kier alpha value is -6.44. The van der Waals surface area contributed by atoms with Crippen molar-refractivity contribution in [2.45, 2.75) is 19.3 Å². The fourth-order valence-electron chi connectivity index (χ4n) is 9.33. The molecule has 0 atom stereocenters. The summed E-state index contributed by atoms with van der Waals surface area (Å²) in [6.07, 6.45) is 0. The van der Waals surface area contributed by atoms with Crippen molar-refractivity contribution in [1.82, 2.24) is 0 Å². The van der Waals surface area contributed by atoms with Crippen molar-refractivity contribution in [3.8, 4) is 44.5 Å². The summed E-state index contributed by atoms with van der Waals surface area (Å²) in [5.41, 5.74) is 14.5. The van der Waals surface area contributed by atoms with Crippen LogP contribution >= 0.6 is 0 Å². The number of para-hydroxylation sites is 1. The molecule has 1 heterocycles. The quantitative estimate of drug-likeness (QED) is 0.172. The van der Waals surface area contributed by atoms with Crippen LogP contribution in [0.4, 0.5) is 0 Å². The van der Waals surface area contributed by atoms with Crippen molar-refractivity contribution >= 4 is 54.3 Å². The molecule has 0 aliphatic heterocycles. The molecule has 0 spiro atoms. The van der Waals surface area contributed by atoms with E-state index in [1.54, 1.807) is 0 Å². The van der Waals surface area contributed by atoms with Crippen LogP contribution in [0, 0.1) is 0 Å². The lowest BCUT2D eigenvalue weighted by molar-refractivity contribution is 0.620. The summed E-state index contributed by atoms with van der Waals surface area (Å²) in [4.78, 5) is 0. The zero-order valence-electron chi connectivity index (χ0n) is 29.1. The zero-order chi connectivity index (χ0) is 34.6. The molecule has 0 radical (unpaired) electrons. The molecule has 52 heavy (non-hydrogen) atoms. The Balaban J connectivity index is 1.09. The van der Waals surface area contributed by atoms with Gasteiger partial charge in [-0.05, 0) is 94.5 Å². The molecule has 0 fully saturated rings. The molecule has 10 aromatic rings. The van der Waals surface area contributed by atoms with Gasteiger partial charge in [-0.15, -0.1) is 0 Å². The minimum atomic E-state index is -0.211. The highest BCUT2D eigenvalue weighted by Gasteiger charge is 2.40. The Bertz CT molecular complexity index is 3010. The highest BCUT2D eigenvalue weighted by Crippen LogP contribution is 2.56. The highest BCUT2D eigenvalue weighted by atomic mass is 16.3. The van der Waals surface area contributed by atoms with Crippen molar-refractivity contribution in [2.75, 3.05) is 0 Å². The molecule has 0 N–H and O–H groups in total. The molecule has 1 nitrogen and oxygen atoms in total. The number of furan rings is 1. The molecule has 244 valence electrons. The Labute approximate surface area is 302 Å². The molecular formula is C51H34O. The predicted molar refractivity (Wildman–Crippen MR) is 220 cm³/mol. The summed E-state index contributed by atoms with van der Waals surface area (Å²) >= 11 is 0. The van der Waals surface area contributed by atoms with E-state index in [2.05, 4.69) is 184 Å². The number of benzene rings is 9. The van der Waals surface area contributed by atoms with E-state index in [4.69, 9.17) is 4.42 Å². The first-order valence-electron chi connectivity index (χ1n) is 18.2. The number of hydrogen-bond acceptors (Lipinski definition) is 1. The van der Waals surface area contributed by atoms with Gasteiger partial charge in [0.2, 0.25) is 0 Å². The van der Waals surface area contributed by atoms with E-state index in [0.717, 1.165) is 11.2 Å². The minimum Gasteiger partial charge on any atom is -0.456 e. The molecule has 1 heteroatoms. The standard InChI is InChI=1S/C51H34O/c1-51(2)43-29-28-34(30-42(43)47-39-20-10-11-21-40(39)48-41-22-12-13-23-44(41)52-50(48)49(47)51)31-24-26-33(27-25-31)46-37-18-8-6-16-35(37)45(32-14-4-3-5-15-32)36-17-7-9-19-38(36)46/h3-30H,1-2H3. The Kier molecular flexibility index (Phi) is 6.08. The number of fused-ring (bicyclic) bond motifs is 12. The van der Waals surface area contributed by atoms with Gasteiger partial charge in [-0.2, -0.15) is 0 Å². The van der Waals surface area contributed by atoms with Crippen LogP contribution in [0.1, 0.15) is 25.0 Å². The summed E-state index contributed by atoms with van der Waals surface area (Å²) in [5, 5.41) is 10.0. The van der Waals surface area contributed by atoms with Gasteiger partial charge < -0.3 is 4.42 Å². The normalized spacial score (nSPS) is 13.3. The van der Waals surface area contributed by atoms with Gasteiger partial charge >= 0.3 is 0 Å². The van der Waals surface area contributed by atoms with Gasteiger partial charge in [0.05, 0.1) is 0 Å². The third-order valence-electron chi connectivity index (χ3n) is 11.6. The Morgan fingerprint density at radius 3 is 1.46 bits per heavy atom. The van der Waals surface area contributed by atoms with Crippen LogP contribution in [0.2, 0.25) is 0 Å². The lowest BCUT2D eigenvalue weighted by atomic mass is 9.80. The first kappa shape index (κ1) is 29.3. The molecule has 0 amide bonds. The first-order chi connectivity index (χ1) is 25.6. The fraction of sp³-hybridized carbons (Fsp3) is 0.0588. The van der Waals surface area contributed by atoms with Crippen LogP contribution in [0.5, 0.6) is 0 Å². The average molecular weight is 663 g/mol. The minimum absolute atomic E-state index is 0.211. The SMILES string of the molecule is CC1(C)c2ccc(-c3ccc(-c4c5ccccc5c(-c5ccccc5)c5ccccc45)cc3)cc2-c2c1c1oc3ccccc3c1c1ccccc21. The highest BCUT2D eigenvalue weighted by molar-refractivity contribution is 6.25. The predicted octanol–water partition coefficient (Wildman–Crippen LogP) is 14.4. The van der Waals surface area contributed by atoms with Crippen molar-refractivity contribution < 1.29 is 4.42 Å². The molecule has 1 aromatic heterocycles. The summed E-state index contributed by atoms with van der Waals surface area (Å²) in [7, 11) is 0. The summed E-state index contributed by atoms with van der Waals surface area (Å²) in [6.45, 7) is 4.70. The van der Waals surface area contributed by atoms with Crippen LogP contribution in [0.3, 0.4) is 0 Å². The second-order valence-electron chi connectivity index (χ2n) is 14.8. The van der Waals surface area contributed by atoms with E-state index in [-0.39, 0.29) is 5.41 Å². The van der Waals surface area contributed by atoms with Crippen molar-refractivity contribution in [3.63, 3.8) is 0 Å². The first-order valence-corrected chi connectivity index (χ1v) is 18.2. The van der Waals surface area contributed by atoms with Gasteiger partial charge in [0.25, 0.3) is 0 Å². The van der Waals surface area contributed by atoms with E-state index < -0.39 is 0 Å². The Morgan fingerprint density at radius 2 is 0.846 bits per heavy atom. The molecule has 0 bridgehead atoms. The van der Waals surface area contributed by atoms with Crippen LogP contribution in [-0.4, -0.2) is 0 Å². The molecule has 1 aliphatic rings. The van der Waals surface area contributed by atoms with E-state index in [0.29, 0.717) is 0 Å². The van der Waals surface area contributed by atoms with Gasteiger partial charge in [0.1, 0.15) is 11.2 Å². The fourth-order valence-corrected chi connectivity index (χ4v) is 9.33. The average Bonchev–Trinajstić information content (AvgIpc) is 3.69. The molecule has 11 rings (SSSR count). The van der Waals surface area contributed by atoms with Gasteiger partial charge in [0.15, 0.2) is 0 Å². The van der Waals surface area contributed by atoms with Gasteiger partial charge in [-0.3, -0.25) is 0 Å². The van der Waals surface area contributed by atoms with E-state index in [1.165, 1.54) is 98.7 Å². The molecule has 0 saturated carbocycles. The summed E-state index contributed by atoms with van der Waals surface area (Å²) in [5.74, 6) is 0. The van der Waals surface area contributed by atoms with Gasteiger partial charge in [-0.25, -0.2) is 0 Å². The topological polar surface area (TPSA) is 13.1 Å². The third kappa shape index (κ3) is 3.99. The molecule has 9 aromatic carbocycles. The molecule has 0 saturated heterocycles. The largest absolute Gasteiger partial charge is 0.456 e. The second-order valence-corrected chi connectivity index (χ2v) is 14.8. The van der Waals surface area contributed by atoms with Crippen LogP contribution in [0.15, 0.2) is 174 Å². The maximum absolute atomic E-state index is 6.73.